The zero-order valence-corrected chi connectivity index (χ0v) is 15.4. The molecular formula is C24H17NO4. The van der Waals surface area contributed by atoms with Gasteiger partial charge >= 0.3 is 0 Å². The minimum Gasteiger partial charge on any atom is -0.508 e. The minimum absolute atomic E-state index is 0.0714. The Morgan fingerprint density at radius 3 is 2.55 bits per heavy atom. The van der Waals surface area contributed by atoms with Gasteiger partial charge in [-0.2, -0.15) is 0 Å². The number of nitrogens with zero attached hydrogens (tertiary/aromatic N) is 1. The average Bonchev–Trinajstić information content (AvgIpc) is 3.21. The molecule has 5 rings (SSSR count). The van der Waals surface area contributed by atoms with Crippen LogP contribution in [0.4, 0.5) is 0 Å². The highest BCUT2D eigenvalue weighted by molar-refractivity contribution is 6.16. The van der Waals surface area contributed by atoms with Gasteiger partial charge < -0.3 is 19.5 Å². The first kappa shape index (κ1) is 17.1. The molecule has 5 nitrogen and oxygen atoms in total. The molecule has 142 valence electrons. The Labute approximate surface area is 166 Å². The summed E-state index contributed by atoms with van der Waals surface area (Å²) in [5.74, 6) is -0.581. The van der Waals surface area contributed by atoms with Crippen molar-refractivity contribution in [2.45, 2.75) is 6.54 Å². The SMILES string of the molecule is O=C1/C(=C/c2cn(Cc3ccccc3)c3ccccc23)Oc2cc(O)cc(O)c21. The molecule has 0 saturated heterocycles. The van der Waals surface area contributed by atoms with E-state index in [0.29, 0.717) is 6.54 Å². The summed E-state index contributed by atoms with van der Waals surface area (Å²) in [5.41, 5.74) is 3.14. The topological polar surface area (TPSA) is 71.7 Å². The van der Waals surface area contributed by atoms with Crippen molar-refractivity contribution in [2.75, 3.05) is 0 Å². The van der Waals surface area contributed by atoms with Crippen molar-refractivity contribution in [3.05, 3.63) is 95.4 Å². The van der Waals surface area contributed by atoms with Crippen LogP contribution in [0.1, 0.15) is 21.5 Å². The maximum Gasteiger partial charge on any atom is 0.235 e. The molecule has 0 radical (unpaired) electrons. The highest BCUT2D eigenvalue weighted by Gasteiger charge is 2.31. The highest BCUT2D eigenvalue weighted by Crippen LogP contribution is 2.41. The van der Waals surface area contributed by atoms with Gasteiger partial charge in [-0.3, -0.25) is 4.79 Å². The highest BCUT2D eigenvalue weighted by atomic mass is 16.5. The smallest absolute Gasteiger partial charge is 0.235 e. The first-order valence-corrected chi connectivity index (χ1v) is 9.22. The molecule has 0 spiro atoms. The van der Waals surface area contributed by atoms with Gasteiger partial charge in [-0.25, -0.2) is 0 Å². The van der Waals surface area contributed by atoms with Gasteiger partial charge in [0, 0.05) is 41.3 Å². The van der Waals surface area contributed by atoms with E-state index in [2.05, 4.69) is 16.7 Å². The lowest BCUT2D eigenvalue weighted by Crippen LogP contribution is -1.98. The summed E-state index contributed by atoms with van der Waals surface area (Å²) in [6, 6.07) is 20.6. The van der Waals surface area contributed by atoms with Gasteiger partial charge in [-0.15, -0.1) is 0 Å². The quantitative estimate of drug-likeness (QED) is 0.502. The predicted octanol–water partition coefficient (Wildman–Crippen LogP) is 4.72. The van der Waals surface area contributed by atoms with Crippen LogP contribution in [0.5, 0.6) is 17.2 Å². The minimum atomic E-state index is -0.405. The van der Waals surface area contributed by atoms with E-state index in [1.807, 2.05) is 48.7 Å². The van der Waals surface area contributed by atoms with Gasteiger partial charge in [0.25, 0.3) is 0 Å². The molecule has 2 N–H and O–H groups in total. The summed E-state index contributed by atoms with van der Waals surface area (Å²) in [7, 11) is 0. The van der Waals surface area contributed by atoms with Gasteiger partial charge in [-0.1, -0.05) is 48.5 Å². The standard InChI is InChI=1S/C24H17NO4/c26-17-11-20(27)23-21(12-17)29-22(24(23)28)10-16-14-25(13-15-6-2-1-3-7-15)19-9-5-4-8-18(16)19/h1-12,14,26-27H,13H2/b22-10-. The van der Waals surface area contributed by atoms with Crippen LogP contribution in [-0.2, 0) is 6.54 Å². The lowest BCUT2D eigenvalue weighted by atomic mass is 10.1. The summed E-state index contributed by atoms with van der Waals surface area (Å²) in [4.78, 5) is 12.7. The Balaban J connectivity index is 1.58. The Kier molecular flexibility index (Phi) is 3.88. The van der Waals surface area contributed by atoms with Crippen LogP contribution < -0.4 is 4.74 Å². The molecule has 1 aliphatic rings. The van der Waals surface area contributed by atoms with E-state index in [-0.39, 0.29) is 28.6 Å². The second kappa shape index (κ2) is 6.56. The molecular weight excluding hydrogens is 366 g/mol. The van der Waals surface area contributed by atoms with Crippen LogP contribution in [-0.4, -0.2) is 20.6 Å². The molecule has 3 aromatic carbocycles. The Hall–Kier alpha value is -3.99. The molecule has 0 saturated carbocycles. The molecule has 0 fully saturated rings. The van der Waals surface area contributed by atoms with Crippen LogP contribution in [0, 0.1) is 0 Å². The van der Waals surface area contributed by atoms with Gasteiger partial charge in [0.05, 0.1) is 0 Å². The van der Waals surface area contributed by atoms with Crippen LogP contribution in [0.2, 0.25) is 0 Å². The molecule has 29 heavy (non-hydrogen) atoms. The zero-order chi connectivity index (χ0) is 20.0. The third kappa shape index (κ3) is 2.93. The van der Waals surface area contributed by atoms with Crippen LogP contribution in [0.15, 0.2) is 78.7 Å². The summed E-state index contributed by atoms with van der Waals surface area (Å²) < 4.78 is 7.78. The number of phenols is 2. The molecule has 2 heterocycles. The van der Waals surface area contributed by atoms with Crippen molar-refractivity contribution in [2.24, 2.45) is 0 Å². The lowest BCUT2D eigenvalue weighted by molar-refractivity contribution is 0.101. The maximum absolute atomic E-state index is 12.7. The first-order chi connectivity index (χ1) is 14.1. The zero-order valence-electron chi connectivity index (χ0n) is 15.4. The number of carbonyl (C=O) groups excluding carboxylic acids is 1. The molecule has 1 aromatic heterocycles. The van der Waals surface area contributed by atoms with E-state index >= 15 is 0 Å². The Morgan fingerprint density at radius 2 is 1.72 bits per heavy atom. The average molecular weight is 383 g/mol. The van der Waals surface area contributed by atoms with E-state index in [9.17, 15) is 15.0 Å². The summed E-state index contributed by atoms with van der Waals surface area (Å²) in [5, 5.41) is 20.7. The number of carbonyl (C=O) groups is 1. The fraction of sp³-hybridized carbons (Fsp3) is 0.0417. The lowest BCUT2D eigenvalue weighted by Gasteiger charge is -2.05. The number of rotatable bonds is 3. The maximum atomic E-state index is 12.7. The number of phenolic OH excluding ortho intramolecular Hbond substituents is 2. The van der Waals surface area contributed by atoms with E-state index in [1.54, 1.807) is 6.08 Å². The van der Waals surface area contributed by atoms with Gasteiger partial charge in [0.2, 0.25) is 5.78 Å². The molecule has 0 atom stereocenters. The van der Waals surface area contributed by atoms with E-state index < -0.39 is 5.78 Å². The third-order valence-corrected chi connectivity index (χ3v) is 5.04. The summed E-state index contributed by atoms with van der Waals surface area (Å²) >= 11 is 0. The number of Topliss-reactive ketones (excluding diaryl/α,β-unsaturated/α-hetero) is 1. The number of ketones is 1. The molecule has 0 aliphatic carbocycles. The van der Waals surface area contributed by atoms with Crippen molar-refractivity contribution >= 4 is 22.8 Å². The molecule has 5 heteroatoms. The van der Waals surface area contributed by atoms with Crippen molar-refractivity contribution in [1.82, 2.24) is 4.57 Å². The fourth-order valence-corrected chi connectivity index (χ4v) is 3.72. The third-order valence-electron chi connectivity index (χ3n) is 5.04. The number of allylic oxidation sites excluding steroid dienone is 1. The normalized spacial score (nSPS) is 14.3. The van der Waals surface area contributed by atoms with Gasteiger partial charge in [0.1, 0.15) is 22.8 Å². The van der Waals surface area contributed by atoms with E-state index in [4.69, 9.17) is 4.74 Å². The monoisotopic (exact) mass is 383 g/mol. The predicted molar refractivity (Wildman–Crippen MR) is 110 cm³/mol. The first-order valence-electron chi connectivity index (χ1n) is 9.22. The number of benzene rings is 3. The fourth-order valence-electron chi connectivity index (χ4n) is 3.72. The molecule has 0 amide bonds. The molecule has 0 bridgehead atoms. The van der Waals surface area contributed by atoms with Crippen molar-refractivity contribution < 1.29 is 19.7 Å². The number of para-hydroxylation sites is 1. The number of hydrogen-bond acceptors (Lipinski definition) is 4. The number of aromatic hydroxyl groups is 2. The van der Waals surface area contributed by atoms with Gasteiger partial charge in [0.15, 0.2) is 5.76 Å². The summed E-state index contributed by atoms with van der Waals surface area (Å²) in [6.07, 6.45) is 3.67. The molecule has 1 aliphatic heterocycles. The van der Waals surface area contributed by atoms with Crippen molar-refractivity contribution in [3.63, 3.8) is 0 Å². The van der Waals surface area contributed by atoms with Crippen LogP contribution in [0.25, 0.3) is 17.0 Å². The summed E-state index contributed by atoms with van der Waals surface area (Å²) in [6.45, 7) is 0.703. The van der Waals surface area contributed by atoms with Crippen LogP contribution >= 0.6 is 0 Å². The van der Waals surface area contributed by atoms with E-state index in [0.717, 1.165) is 22.5 Å². The Morgan fingerprint density at radius 1 is 0.966 bits per heavy atom. The number of hydrogen-bond donors (Lipinski definition) is 2. The van der Waals surface area contributed by atoms with Gasteiger partial charge in [-0.05, 0) is 17.7 Å². The molecule has 4 aromatic rings. The number of ether oxygens (including phenoxy) is 1. The number of aromatic nitrogens is 1. The largest absolute Gasteiger partial charge is 0.508 e. The Bertz CT molecular complexity index is 1290. The number of fused-ring (bicyclic) bond motifs is 2. The van der Waals surface area contributed by atoms with Crippen LogP contribution in [0.3, 0.4) is 0 Å². The molecule has 0 unspecified atom stereocenters. The van der Waals surface area contributed by atoms with Crippen molar-refractivity contribution in [1.29, 1.82) is 0 Å². The second-order valence-corrected chi connectivity index (χ2v) is 6.99. The second-order valence-electron chi connectivity index (χ2n) is 6.99. The van der Waals surface area contributed by atoms with Crippen molar-refractivity contribution in [3.8, 4) is 17.2 Å². The van der Waals surface area contributed by atoms with E-state index in [1.165, 1.54) is 11.6 Å².